The van der Waals surface area contributed by atoms with E-state index < -0.39 is 36.3 Å². The maximum atomic E-state index is 12.1. The molecule has 0 bridgehead atoms. The second-order valence-corrected chi connectivity index (χ2v) is 10.1. The molecule has 0 aromatic heterocycles. The van der Waals surface area contributed by atoms with Crippen LogP contribution in [0.15, 0.2) is 23.3 Å². The normalized spacial score (nSPS) is 26.4. The van der Waals surface area contributed by atoms with E-state index in [9.17, 15) is 20.4 Å². The number of aliphatic hydroxyl groups is 4. The molecular formula is C22H40O4. The predicted octanol–water partition coefficient (Wildman–Crippen LogP) is 3.30. The Labute approximate surface area is 159 Å². The third-order valence-corrected chi connectivity index (χ3v) is 6.20. The molecule has 0 fully saturated rings. The first kappa shape index (κ1) is 23.4. The van der Waals surface area contributed by atoms with Crippen LogP contribution in [0.25, 0.3) is 0 Å². The van der Waals surface area contributed by atoms with Crippen molar-refractivity contribution in [3.05, 3.63) is 23.3 Å². The van der Waals surface area contributed by atoms with E-state index in [-0.39, 0.29) is 17.3 Å². The van der Waals surface area contributed by atoms with Crippen LogP contribution in [-0.4, -0.2) is 45.8 Å². The maximum absolute atomic E-state index is 12.1. The average Bonchev–Trinajstić information content (AvgIpc) is 2.54. The van der Waals surface area contributed by atoms with Crippen molar-refractivity contribution < 1.29 is 20.4 Å². The Morgan fingerprint density at radius 1 is 0.962 bits per heavy atom. The molecule has 0 saturated carbocycles. The van der Waals surface area contributed by atoms with Crippen LogP contribution in [0.5, 0.6) is 0 Å². The van der Waals surface area contributed by atoms with Gasteiger partial charge >= 0.3 is 0 Å². The molecule has 4 heteroatoms. The van der Waals surface area contributed by atoms with Crippen LogP contribution in [0.1, 0.15) is 61.8 Å². The minimum absolute atomic E-state index is 0.0934. The largest absolute Gasteiger partial charge is 0.395 e. The van der Waals surface area contributed by atoms with Crippen LogP contribution in [0.2, 0.25) is 0 Å². The topological polar surface area (TPSA) is 80.9 Å². The first-order valence-electron chi connectivity index (χ1n) is 9.75. The Kier molecular flexibility index (Phi) is 6.96. The van der Waals surface area contributed by atoms with Crippen LogP contribution in [-0.2, 0) is 0 Å². The van der Waals surface area contributed by atoms with E-state index in [0.717, 1.165) is 17.6 Å². The predicted molar refractivity (Wildman–Crippen MR) is 107 cm³/mol. The lowest BCUT2D eigenvalue weighted by Crippen LogP contribution is -2.64. The number of aliphatic hydroxyl groups excluding tert-OH is 3. The smallest absolute Gasteiger partial charge is 0.105 e. The molecule has 0 aromatic rings. The van der Waals surface area contributed by atoms with Gasteiger partial charge in [0, 0.05) is 5.92 Å². The standard InChI is InChI=1S/C22H40O4/c1-9-15(2)17-10-16(19(3,4)5)11-18(20(6,7)8)22(17,26)21(12-23,13-24)14-25/h10-11,15,17,23-26H,9,12-14H2,1-8H3. The average molecular weight is 369 g/mol. The van der Waals surface area contributed by atoms with Crippen molar-refractivity contribution in [2.75, 3.05) is 19.8 Å². The Hall–Kier alpha value is -0.680. The van der Waals surface area contributed by atoms with E-state index in [1.54, 1.807) is 0 Å². The van der Waals surface area contributed by atoms with Gasteiger partial charge in [0.25, 0.3) is 0 Å². The molecule has 3 atom stereocenters. The van der Waals surface area contributed by atoms with Gasteiger partial charge < -0.3 is 20.4 Å². The van der Waals surface area contributed by atoms with Crippen LogP contribution >= 0.6 is 0 Å². The minimum Gasteiger partial charge on any atom is -0.395 e. The van der Waals surface area contributed by atoms with Gasteiger partial charge in [-0.15, -0.1) is 0 Å². The second-order valence-electron chi connectivity index (χ2n) is 10.1. The fourth-order valence-electron chi connectivity index (χ4n) is 4.04. The van der Waals surface area contributed by atoms with E-state index in [4.69, 9.17) is 0 Å². The summed E-state index contributed by atoms with van der Waals surface area (Å²) in [7, 11) is 0. The number of allylic oxidation sites excluding steroid dienone is 2. The molecular weight excluding hydrogens is 328 g/mol. The van der Waals surface area contributed by atoms with Crippen LogP contribution in [0, 0.1) is 28.1 Å². The Morgan fingerprint density at radius 2 is 1.42 bits per heavy atom. The molecule has 0 radical (unpaired) electrons. The van der Waals surface area contributed by atoms with E-state index in [0.29, 0.717) is 0 Å². The van der Waals surface area contributed by atoms with Crippen molar-refractivity contribution >= 4 is 0 Å². The highest BCUT2D eigenvalue weighted by molar-refractivity contribution is 5.44. The summed E-state index contributed by atoms with van der Waals surface area (Å²) in [6, 6.07) is 0. The molecule has 1 rings (SSSR count). The molecule has 1 aliphatic rings. The third kappa shape index (κ3) is 3.80. The molecule has 4 nitrogen and oxygen atoms in total. The van der Waals surface area contributed by atoms with Gasteiger partial charge in [-0.1, -0.05) is 74.0 Å². The van der Waals surface area contributed by atoms with Gasteiger partial charge in [0.15, 0.2) is 0 Å². The lowest BCUT2D eigenvalue weighted by atomic mass is 9.53. The summed E-state index contributed by atoms with van der Waals surface area (Å²) in [6.45, 7) is 15.2. The Balaban J connectivity index is 3.87. The molecule has 0 aromatic carbocycles. The zero-order valence-corrected chi connectivity index (χ0v) is 17.9. The number of hydrogen-bond acceptors (Lipinski definition) is 4. The van der Waals surface area contributed by atoms with E-state index in [1.165, 1.54) is 0 Å². The van der Waals surface area contributed by atoms with E-state index in [1.807, 2.05) is 26.8 Å². The molecule has 1 aliphatic carbocycles. The third-order valence-electron chi connectivity index (χ3n) is 6.20. The zero-order chi connectivity index (χ0) is 20.6. The number of hydrogen-bond donors (Lipinski definition) is 4. The molecule has 0 aliphatic heterocycles. The van der Waals surface area contributed by atoms with Gasteiger partial charge in [0.1, 0.15) is 5.60 Å². The van der Waals surface area contributed by atoms with Gasteiger partial charge in [-0.05, 0) is 27.9 Å². The van der Waals surface area contributed by atoms with Crippen LogP contribution in [0.3, 0.4) is 0 Å². The van der Waals surface area contributed by atoms with Gasteiger partial charge in [-0.25, -0.2) is 0 Å². The molecule has 0 amide bonds. The number of rotatable bonds is 6. The summed E-state index contributed by atoms with van der Waals surface area (Å²) in [5, 5.41) is 42.6. The summed E-state index contributed by atoms with van der Waals surface area (Å²) in [5.74, 6) is -0.195. The summed E-state index contributed by atoms with van der Waals surface area (Å²) >= 11 is 0. The first-order chi connectivity index (χ1) is 11.7. The zero-order valence-electron chi connectivity index (χ0n) is 17.9. The Bertz CT molecular complexity index is 535. The van der Waals surface area contributed by atoms with E-state index in [2.05, 4.69) is 40.7 Å². The summed E-state index contributed by atoms with van der Waals surface area (Å²) in [5.41, 5.74) is -1.53. The highest BCUT2D eigenvalue weighted by atomic mass is 16.3. The van der Waals surface area contributed by atoms with E-state index >= 15 is 0 Å². The Morgan fingerprint density at radius 3 is 1.73 bits per heavy atom. The quantitative estimate of drug-likeness (QED) is 0.580. The minimum atomic E-state index is -1.53. The van der Waals surface area contributed by atoms with Gasteiger partial charge in [-0.3, -0.25) is 0 Å². The van der Waals surface area contributed by atoms with Crippen molar-refractivity contribution in [3.63, 3.8) is 0 Å². The van der Waals surface area contributed by atoms with Crippen LogP contribution < -0.4 is 0 Å². The molecule has 3 unspecified atom stereocenters. The molecule has 0 spiro atoms. The first-order valence-corrected chi connectivity index (χ1v) is 9.75. The lowest BCUT2D eigenvalue weighted by molar-refractivity contribution is -0.167. The lowest BCUT2D eigenvalue weighted by Gasteiger charge is -2.56. The molecule has 26 heavy (non-hydrogen) atoms. The summed E-state index contributed by atoms with van der Waals surface area (Å²) in [6.07, 6.45) is 4.96. The second kappa shape index (κ2) is 7.75. The van der Waals surface area contributed by atoms with Crippen molar-refractivity contribution in [1.82, 2.24) is 0 Å². The maximum Gasteiger partial charge on any atom is 0.105 e. The van der Waals surface area contributed by atoms with Crippen molar-refractivity contribution in [2.45, 2.75) is 67.4 Å². The summed E-state index contributed by atoms with van der Waals surface area (Å²) in [4.78, 5) is 0. The highest BCUT2D eigenvalue weighted by Crippen LogP contribution is 2.55. The van der Waals surface area contributed by atoms with Crippen molar-refractivity contribution in [2.24, 2.45) is 28.1 Å². The fourth-order valence-corrected chi connectivity index (χ4v) is 4.04. The molecule has 0 saturated heterocycles. The molecule has 4 N–H and O–H groups in total. The SMILES string of the molecule is CCC(C)C1C=C(C(C)(C)C)C=C(C(C)(C)C)C1(O)C(CO)(CO)CO. The van der Waals surface area contributed by atoms with Gasteiger partial charge in [0.05, 0.1) is 25.2 Å². The summed E-state index contributed by atoms with van der Waals surface area (Å²) < 4.78 is 0. The van der Waals surface area contributed by atoms with Gasteiger partial charge in [0.2, 0.25) is 0 Å². The van der Waals surface area contributed by atoms with Crippen LogP contribution in [0.4, 0.5) is 0 Å². The van der Waals surface area contributed by atoms with Crippen molar-refractivity contribution in [1.29, 1.82) is 0 Å². The molecule has 0 heterocycles. The van der Waals surface area contributed by atoms with Crippen molar-refractivity contribution in [3.8, 4) is 0 Å². The van der Waals surface area contributed by atoms with Gasteiger partial charge in [-0.2, -0.15) is 0 Å². The molecule has 152 valence electrons. The monoisotopic (exact) mass is 368 g/mol. The highest BCUT2D eigenvalue weighted by Gasteiger charge is 2.60. The fraction of sp³-hybridized carbons (Fsp3) is 0.818.